The van der Waals surface area contributed by atoms with Crippen LogP contribution in [0.15, 0.2) is 48.7 Å². The van der Waals surface area contributed by atoms with Gasteiger partial charge in [0.05, 0.1) is 6.61 Å². The Labute approximate surface area is 127 Å². The SMILES string of the molecule is OCc1cccc2c1ccn2Cc1ccc(Cl)cc1Cl. The first-order valence-electron chi connectivity index (χ1n) is 6.30. The molecule has 20 heavy (non-hydrogen) atoms. The maximum absolute atomic E-state index is 9.36. The van der Waals surface area contributed by atoms with Crippen LogP contribution in [0.1, 0.15) is 11.1 Å². The summed E-state index contributed by atoms with van der Waals surface area (Å²) in [7, 11) is 0. The third-order valence-corrected chi connectivity index (χ3v) is 4.02. The number of aliphatic hydroxyl groups excluding tert-OH is 1. The van der Waals surface area contributed by atoms with Crippen molar-refractivity contribution in [3.63, 3.8) is 0 Å². The fraction of sp³-hybridized carbons (Fsp3) is 0.125. The first-order chi connectivity index (χ1) is 9.69. The van der Waals surface area contributed by atoms with Gasteiger partial charge in [0.25, 0.3) is 0 Å². The lowest BCUT2D eigenvalue weighted by Crippen LogP contribution is -1.98. The van der Waals surface area contributed by atoms with Crippen LogP contribution in [-0.4, -0.2) is 9.67 Å². The van der Waals surface area contributed by atoms with Crippen LogP contribution in [0.4, 0.5) is 0 Å². The van der Waals surface area contributed by atoms with Crippen LogP contribution >= 0.6 is 23.2 Å². The van der Waals surface area contributed by atoms with Gasteiger partial charge in [0.1, 0.15) is 0 Å². The van der Waals surface area contributed by atoms with Crippen molar-refractivity contribution in [1.29, 1.82) is 0 Å². The molecule has 1 N–H and O–H groups in total. The second kappa shape index (κ2) is 5.49. The van der Waals surface area contributed by atoms with E-state index in [0.717, 1.165) is 22.0 Å². The lowest BCUT2D eigenvalue weighted by atomic mass is 10.1. The topological polar surface area (TPSA) is 25.2 Å². The van der Waals surface area contributed by atoms with E-state index >= 15 is 0 Å². The van der Waals surface area contributed by atoms with Crippen molar-refractivity contribution in [2.24, 2.45) is 0 Å². The van der Waals surface area contributed by atoms with Crippen molar-refractivity contribution in [3.05, 3.63) is 69.8 Å². The molecule has 1 heterocycles. The van der Waals surface area contributed by atoms with Crippen LogP contribution in [-0.2, 0) is 13.2 Å². The Hall–Kier alpha value is -1.48. The summed E-state index contributed by atoms with van der Waals surface area (Å²) in [6.45, 7) is 0.720. The van der Waals surface area contributed by atoms with Crippen molar-refractivity contribution in [2.75, 3.05) is 0 Å². The fourth-order valence-electron chi connectivity index (χ4n) is 2.40. The number of rotatable bonds is 3. The van der Waals surface area contributed by atoms with Gasteiger partial charge in [-0.1, -0.05) is 41.4 Å². The molecule has 1 aromatic heterocycles. The smallest absolute Gasteiger partial charge is 0.0688 e. The molecule has 0 saturated carbocycles. The molecular formula is C16H13Cl2NO. The molecule has 0 atom stereocenters. The highest BCUT2D eigenvalue weighted by Crippen LogP contribution is 2.25. The Balaban J connectivity index is 2.03. The van der Waals surface area contributed by atoms with E-state index in [9.17, 15) is 5.11 Å². The van der Waals surface area contributed by atoms with Gasteiger partial charge >= 0.3 is 0 Å². The quantitative estimate of drug-likeness (QED) is 0.758. The number of aliphatic hydroxyl groups is 1. The minimum absolute atomic E-state index is 0.0447. The zero-order valence-electron chi connectivity index (χ0n) is 10.7. The summed E-state index contributed by atoms with van der Waals surface area (Å²) in [5, 5.41) is 11.7. The summed E-state index contributed by atoms with van der Waals surface area (Å²) in [5.74, 6) is 0. The molecule has 0 aliphatic heterocycles. The summed E-state index contributed by atoms with van der Waals surface area (Å²) in [4.78, 5) is 0. The molecule has 0 fully saturated rings. The molecule has 3 rings (SSSR count). The Morgan fingerprint density at radius 3 is 2.60 bits per heavy atom. The minimum Gasteiger partial charge on any atom is -0.392 e. The maximum atomic E-state index is 9.36. The van der Waals surface area contributed by atoms with Crippen molar-refractivity contribution in [3.8, 4) is 0 Å². The first-order valence-corrected chi connectivity index (χ1v) is 7.06. The highest BCUT2D eigenvalue weighted by Gasteiger charge is 2.07. The maximum Gasteiger partial charge on any atom is 0.0688 e. The Morgan fingerprint density at radius 2 is 1.85 bits per heavy atom. The summed E-state index contributed by atoms with van der Waals surface area (Å²) in [6.07, 6.45) is 2.01. The molecule has 2 aromatic carbocycles. The Bertz CT molecular complexity index is 764. The third-order valence-electron chi connectivity index (χ3n) is 3.43. The van der Waals surface area contributed by atoms with E-state index in [2.05, 4.69) is 4.57 Å². The van der Waals surface area contributed by atoms with E-state index in [1.54, 1.807) is 6.07 Å². The molecule has 0 unspecified atom stereocenters. The number of benzene rings is 2. The Morgan fingerprint density at radius 1 is 1.00 bits per heavy atom. The van der Waals surface area contributed by atoms with E-state index in [1.165, 1.54) is 0 Å². The van der Waals surface area contributed by atoms with Crippen molar-refractivity contribution >= 4 is 34.1 Å². The first kappa shape index (κ1) is 13.5. The predicted octanol–water partition coefficient (Wildman–Crippen LogP) is 4.49. The van der Waals surface area contributed by atoms with Crippen molar-refractivity contribution in [2.45, 2.75) is 13.2 Å². The fourth-order valence-corrected chi connectivity index (χ4v) is 2.86. The molecule has 0 bridgehead atoms. The van der Waals surface area contributed by atoms with Gasteiger partial charge in [0.15, 0.2) is 0 Å². The van der Waals surface area contributed by atoms with Crippen LogP contribution < -0.4 is 0 Å². The normalized spacial score (nSPS) is 11.2. The second-order valence-electron chi connectivity index (χ2n) is 4.69. The van der Waals surface area contributed by atoms with E-state index in [-0.39, 0.29) is 6.61 Å². The van der Waals surface area contributed by atoms with Gasteiger partial charge in [0, 0.05) is 33.7 Å². The number of halogens is 2. The molecule has 102 valence electrons. The van der Waals surface area contributed by atoms with E-state index < -0.39 is 0 Å². The van der Waals surface area contributed by atoms with Crippen molar-refractivity contribution in [1.82, 2.24) is 4.57 Å². The van der Waals surface area contributed by atoms with Gasteiger partial charge in [-0.25, -0.2) is 0 Å². The molecule has 0 amide bonds. The van der Waals surface area contributed by atoms with E-state index in [0.29, 0.717) is 16.6 Å². The lowest BCUT2D eigenvalue weighted by Gasteiger charge is -2.08. The lowest BCUT2D eigenvalue weighted by molar-refractivity contribution is 0.283. The molecule has 0 radical (unpaired) electrons. The summed E-state index contributed by atoms with van der Waals surface area (Å²) in [6, 6.07) is 13.5. The number of aromatic nitrogens is 1. The molecule has 3 aromatic rings. The standard InChI is InChI=1S/C16H13Cl2NO/c17-13-5-4-11(15(18)8-13)9-19-7-6-14-12(10-20)2-1-3-16(14)19/h1-8,20H,9-10H2. The highest BCUT2D eigenvalue weighted by molar-refractivity contribution is 6.35. The van der Waals surface area contributed by atoms with Gasteiger partial charge < -0.3 is 9.67 Å². The second-order valence-corrected chi connectivity index (χ2v) is 5.53. The largest absolute Gasteiger partial charge is 0.392 e. The summed E-state index contributed by atoms with van der Waals surface area (Å²) < 4.78 is 2.11. The zero-order chi connectivity index (χ0) is 14.1. The molecule has 0 aliphatic carbocycles. The van der Waals surface area contributed by atoms with Crippen LogP contribution in [0.3, 0.4) is 0 Å². The molecule has 0 saturated heterocycles. The van der Waals surface area contributed by atoms with Crippen LogP contribution in [0.25, 0.3) is 10.9 Å². The predicted molar refractivity (Wildman–Crippen MR) is 83.4 cm³/mol. The number of hydrogen-bond donors (Lipinski definition) is 1. The van der Waals surface area contributed by atoms with Crippen LogP contribution in [0, 0.1) is 0 Å². The average molecular weight is 306 g/mol. The third kappa shape index (κ3) is 2.42. The van der Waals surface area contributed by atoms with Gasteiger partial charge in [0.2, 0.25) is 0 Å². The summed E-state index contributed by atoms with van der Waals surface area (Å²) in [5.41, 5.74) is 3.04. The number of fused-ring (bicyclic) bond motifs is 1. The number of hydrogen-bond acceptors (Lipinski definition) is 1. The van der Waals surface area contributed by atoms with Gasteiger partial charge in [-0.05, 0) is 35.4 Å². The Kier molecular flexibility index (Phi) is 3.70. The van der Waals surface area contributed by atoms with Gasteiger partial charge in [-0.15, -0.1) is 0 Å². The van der Waals surface area contributed by atoms with E-state index in [1.807, 2.05) is 42.6 Å². The highest BCUT2D eigenvalue weighted by atomic mass is 35.5. The summed E-state index contributed by atoms with van der Waals surface area (Å²) >= 11 is 12.1. The monoisotopic (exact) mass is 305 g/mol. The van der Waals surface area contributed by atoms with Crippen LogP contribution in [0.5, 0.6) is 0 Å². The van der Waals surface area contributed by atoms with E-state index in [4.69, 9.17) is 23.2 Å². The van der Waals surface area contributed by atoms with Gasteiger partial charge in [-0.3, -0.25) is 0 Å². The minimum atomic E-state index is 0.0447. The molecule has 4 heteroatoms. The molecular weight excluding hydrogens is 293 g/mol. The average Bonchev–Trinajstić information content (AvgIpc) is 2.85. The van der Waals surface area contributed by atoms with Crippen molar-refractivity contribution < 1.29 is 5.11 Å². The van der Waals surface area contributed by atoms with Crippen LogP contribution in [0.2, 0.25) is 10.0 Å². The van der Waals surface area contributed by atoms with Gasteiger partial charge in [-0.2, -0.15) is 0 Å². The molecule has 2 nitrogen and oxygen atoms in total. The number of nitrogens with zero attached hydrogens (tertiary/aromatic N) is 1. The zero-order valence-corrected chi connectivity index (χ0v) is 12.2. The molecule has 0 spiro atoms. The molecule has 0 aliphatic rings.